The molecule has 3 aliphatic heterocycles. The average molecular weight is 967 g/mol. The molecule has 10 rings (SSSR count). The van der Waals surface area contributed by atoms with Crippen LogP contribution in [0.4, 0.5) is 17.6 Å². The number of anilines is 3. The number of aromatic nitrogens is 8. The van der Waals surface area contributed by atoms with E-state index in [1.807, 2.05) is 98.8 Å². The van der Waals surface area contributed by atoms with Crippen molar-refractivity contribution in [2.24, 2.45) is 5.92 Å². The first-order valence-corrected chi connectivity index (χ1v) is 24.8. The second-order valence-corrected chi connectivity index (χ2v) is 19.9. The Bertz CT molecular complexity index is 2960. The van der Waals surface area contributed by atoms with Crippen LogP contribution < -0.4 is 20.9 Å². The van der Waals surface area contributed by atoms with Crippen molar-refractivity contribution in [2.75, 3.05) is 61.3 Å². The standard InChI is InChI=1S/C50H58N14O5S/c1-29(2)44(49(68)63-27-36(65)21-40(63)48(67)55-30(3)33-9-11-34(12-10-33)46-31(4)54-28-70-46)42-23-43(59-69-42)61-19-17-60(18-20-61)26-32-24-52-50(53-25-32)62-15-13-35(14-16-62)64-39-22-38(37-7-5-6-8-41(37)66)56-57-45(39)47(51)58-64/h5-12,22-25,28-30,35-36,40,44,65-66H,13-21,26-27H2,1-4H3,(H2,51,58)(H,55,67)/t30-,36+,40-,44?/m0/s1. The molecule has 0 spiro atoms. The maximum atomic E-state index is 14.3. The first-order chi connectivity index (χ1) is 33.9. The van der Waals surface area contributed by atoms with Gasteiger partial charge in [0.1, 0.15) is 17.7 Å². The molecule has 3 saturated heterocycles. The number of piperidine rings is 1. The molecule has 0 radical (unpaired) electrons. The third-order valence-electron chi connectivity index (χ3n) is 13.9. The fraction of sp³-hybridized carbons (Fsp3) is 0.420. The lowest BCUT2D eigenvalue weighted by Crippen LogP contribution is -2.48. The number of carbonyl (C=O) groups is 2. The maximum absolute atomic E-state index is 14.3. The summed E-state index contributed by atoms with van der Waals surface area (Å²) in [5.41, 5.74) is 14.6. The summed E-state index contributed by atoms with van der Waals surface area (Å²) in [6.45, 7) is 13.1. The number of aliphatic hydroxyl groups excluding tert-OH is 1. The Morgan fingerprint density at radius 3 is 2.37 bits per heavy atom. The number of phenolic OH excluding ortho intramolecular Hbond substituents is 1. The lowest BCUT2D eigenvalue weighted by molar-refractivity contribution is -0.141. The number of thiazole rings is 1. The fourth-order valence-electron chi connectivity index (χ4n) is 10.0. The van der Waals surface area contributed by atoms with Gasteiger partial charge in [-0.2, -0.15) is 5.10 Å². The number of rotatable bonds is 13. The van der Waals surface area contributed by atoms with Crippen LogP contribution in [-0.2, 0) is 16.1 Å². The van der Waals surface area contributed by atoms with E-state index < -0.39 is 18.1 Å². The van der Waals surface area contributed by atoms with E-state index in [9.17, 15) is 19.8 Å². The van der Waals surface area contributed by atoms with Gasteiger partial charge in [-0.05, 0) is 61.9 Å². The van der Waals surface area contributed by atoms with Crippen molar-refractivity contribution in [3.63, 3.8) is 0 Å². The van der Waals surface area contributed by atoms with Crippen LogP contribution in [0.3, 0.4) is 0 Å². The lowest BCUT2D eigenvalue weighted by Gasteiger charge is -2.34. The Hall–Kier alpha value is -7.03. The molecule has 5 aromatic heterocycles. The largest absolute Gasteiger partial charge is 0.507 e. The van der Waals surface area contributed by atoms with E-state index in [-0.39, 0.29) is 48.5 Å². The fourth-order valence-corrected chi connectivity index (χ4v) is 10.9. The van der Waals surface area contributed by atoms with Crippen LogP contribution >= 0.6 is 11.3 Å². The van der Waals surface area contributed by atoms with Crippen LogP contribution in [-0.4, -0.2) is 130 Å². The molecule has 0 bridgehead atoms. The first kappa shape index (κ1) is 46.7. The normalized spacial score (nSPS) is 19.0. The number of nitrogens with one attached hydrogen (secondary N) is 1. The third kappa shape index (κ3) is 9.49. The second-order valence-electron chi connectivity index (χ2n) is 19.0. The first-order valence-electron chi connectivity index (χ1n) is 24.0. The van der Waals surface area contributed by atoms with Gasteiger partial charge >= 0.3 is 0 Å². The number of likely N-dealkylation sites (tertiary alicyclic amines) is 1. The minimum absolute atomic E-state index is 0.0649. The van der Waals surface area contributed by atoms with E-state index in [0.717, 1.165) is 71.8 Å². The molecule has 364 valence electrons. The number of nitrogens with zero attached hydrogens (tertiary/aromatic N) is 12. The number of aryl methyl sites for hydroxylation is 1. The zero-order valence-corrected chi connectivity index (χ0v) is 40.5. The number of para-hydroxylation sites is 1. The Labute approximate surface area is 409 Å². The van der Waals surface area contributed by atoms with Gasteiger partial charge in [0.2, 0.25) is 17.8 Å². The number of fused-ring (bicyclic) bond motifs is 1. The van der Waals surface area contributed by atoms with Crippen LogP contribution in [0.15, 0.2) is 83.1 Å². The molecule has 2 amide bonds. The number of hydrogen-bond donors (Lipinski definition) is 4. The minimum Gasteiger partial charge on any atom is -0.507 e. The van der Waals surface area contributed by atoms with Crippen LogP contribution in [0.1, 0.15) is 80.6 Å². The van der Waals surface area contributed by atoms with E-state index in [4.69, 9.17) is 20.2 Å². The molecule has 4 atom stereocenters. The van der Waals surface area contributed by atoms with Crippen molar-refractivity contribution in [1.29, 1.82) is 0 Å². The molecule has 7 aromatic rings. The molecule has 20 heteroatoms. The van der Waals surface area contributed by atoms with Crippen LogP contribution in [0.5, 0.6) is 5.75 Å². The molecular formula is C50H58N14O5S. The van der Waals surface area contributed by atoms with E-state index >= 15 is 0 Å². The summed E-state index contributed by atoms with van der Waals surface area (Å²) in [5, 5.41) is 42.0. The second kappa shape index (κ2) is 19.8. The highest BCUT2D eigenvalue weighted by molar-refractivity contribution is 7.13. The predicted molar refractivity (Wildman–Crippen MR) is 266 cm³/mol. The third-order valence-corrected chi connectivity index (χ3v) is 14.9. The van der Waals surface area contributed by atoms with Crippen molar-refractivity contribution >= 4 is 51.8 Å². The summed E-state index contributed by atoms with van der Waals surface area (Å²) in [6.07, 6.45) is 4.79. The van der Waals surface area contributed by atoms with Crippen molar-refractivity contribution < 1.29 is 24.3 Å². The summed E-state index contributed by atoms with van der Waals surface area (Å²) in [6, 6.07) is 17.8. The minimum atomic E-state index is -0.819. The van der Waals surface area contributed by atoms with Gasteiger partial charge in [0.25, 0.3) is 0 Å². The monoisotopic (exact) mass is 966 g/mol. The summed E-state index contributed by atoms with van der Waals surface area (Å²) < 4.78 is 7.85. The molecule has 3 fully saturated rings. The van der Waals surface area contributed by atoms with Crippen LogP contribution in [0.25, 0.3) is 32.7 Å². The molecule has 19 nitrogen and oxygen atoms in total. The Morgan fingerprint density at radius 2 is 1.67 bits per heavy atom. The van der Waals surface area contributed by atoms with Crippen LogP contribution in [0.2, 0.25) is 0 Å². The molecule has 0 saturated carbocycles. The predicted octanol–water partition coefficient (Wildman–Crippen LogP) is 5.73. The average Bonchev–Trinajstić information content (AvgIpc) is 4.19. The van der Waals surface area contributed by atoms with Crippen LogP contribution in [0, 0.1) is 12.8 Å². The van der Waals surface area contributed by atoms with Gasteiger partial charge in [-0.25, -0.2) is 15.0 Å². The molecule has 5 N–H and O–H groups in total. The highest BCUT2D eigenvalue weighted by atomic mass is 32.1. The molecule has 3 aliphatic rings. The van der Waals surface area contributed by atoms with Gasteiger partial charge in [0, 0.05) is 88.4 Å². The van der Waals surface area contributed by atoms with Crippen molar-refractivity contribution in [3.8, 4) is 27.4 Å². The maximum Gasteiger partial charge on any atom is 0.243 e. The SMILES string of the molecule is Cc1ncsc1-c1ccc([C@H](C)NC(=O)[C@@H]2C[C@@H](O)CN2C(=O)C(c2cc(N3CCN(Cc4cnc(N5CCC(n6nc(N)c7nnc(-c8ccccc8O)cc76)CC5)nc4)CC3)no2)C(C)C)cc1. The number of aliphatic hydroxyl groups is 1. The molecular weight excluding hydrogens is 909 g/mol. The molecule has 70 heavy (non-hydrogen) atoms. The van der Waals surface area contributed by atoms with Gasteiger partial charge in [0.15, 0.2) is 22.9 Å². The Kier molecular flexibility index (Phi) is 13.2. The number of nitrogen functional groups attached to an aromatic ring is 1. The zero-order chi connectivity index (χ0) is 48.6. The van der Waals surface area contributed by atoms with E-state index in [1.54, 1.807) is 23.5 Å². The summed E-state index contributed by atoms with van der Waals surface area (Å²) in [4.78, 5) is 51.4. The molecule has 1 unspecified atom stereocenters. The van der Waals surface area contributed by atoms with E-state index in [1.165, 1.54) is 4.90 Å². The summed E-state index contributed by atoms with van der Waals surface area (Å²) >= 11 is 1.59. The number of phenols is 1. The van der Waals surface area contributed by atoms with E-state index in [2.05, 4.69) is 45.5 Å². The summed E-state index contributed by atoms with van der Waals surface area (Å²) in [5.74, 6) is 0.858. The number of β-amino-alcohol motifs (C(OH)–C–C–N with tert-alkyl or cyclic N) is 1. The number of piperazine rings is 1. The number of carbonyl (C=O) groups excluding carboxylic acids is 2. The van der Waals surface area contributed by atoms with E-state index in [0.29, 0.717) is 59.8 Å². The van der Waals surface area contributed by atoms with Crippen molar-refractivity contribution in [2.45, 2.75) is 83.6 Å². The number of nitrogens with two attached hydrogens (primary N) is 1. The Morgan fingerprint density at radius 1 is 0.929 bits per heavy atom. The van der Waals surface area contributed by atoms with Gasteiger partial charge in [-0.15, -0.1) is 21.5 Å². The number of amides is 2. The topological polar surface area (TPSA) is 234 Å². The highest BCUT2D eigenvalue weighted by Gasteiger charge is 2.44. The van der Waals surface area contributed by atoms with Gasteiger partial charge in [-0.1, -0.05) is 55.4 Å². The highest BCUT2D eigenvalue weighted by Crippen LogP contribution is 2.36. The van der Waals surface area contributed by atoms with Gasteiger partial charge in [-0.3, -0.25) is 19.2 Å². The molecule has 8 heterocycles. The summed E-state index contributed by atoms with van der Waals surface area (Å²) in [7, 11) is 0. The Balaban J connectivity index is 0.711. The zero-order valence-electron chi connectivity index (χ0n) is 39.7. The van der Waals surface area contributed by atoms with Crippen molar-refractivity contribution in [3.05, 3.63) is 101 Å². The van der Waals surface area contributed by atoms with Gasteiger partial charge < -0.3 is 40.5 Å². The lowest BCUT2D eigenvalue weighted by atomic mass is 9.91. The number of benzene rings is 2. The van der Waals surface area contributed by atoms with Crippen molar-refractivity contribution in [1.82, 2.24) is 55.2 Å². The number of aromatic hydroxyl groups is 1. The molecule has 0 aliphatic carbocycles. The van der Waals surface area contributed by atoms with Gasteiger partial charge in [0.05, 0.1) is 45.5 Å². The molecule has 2 aromatic carbocycles. The quantitative estimate of drug-likeness (QED) is 0.108. The smallest absolute Gasteiger partial charge is 0.243 e. The number of hydrogen-bond acceptors (Lipinski definition) is 17.